The fourth-order valence-electron chi connectivity index (χ4n) is 9.15. The third-order valence-corrected chi connectivity index (χ3v) is 13.7. The molecule has 0 aromatic heterocycles. The molecule has 0 aliphatic carbocycles. The van der Waals surface area contributed by atoms with E-state index < -0.39 is 10.1 Å². The van der Waals surface area contributed by atoms with Crippen LogP contribution in [0.15, 0.2) is 29.2 Å². The van der Waals surface area contributed by atoms with Crippen LogP contribution in [0.1, 0.15) is 277 Å². The highest BCUT2D eigenvalue weighted by atomic mass is 32.2. The van der Waals surface area contributed by atoms with Crippen LogP contribution in [0, 0.1) is 0 Å². The summed E-state index contributed by atoms with van der Waals surface area (Å²) in [6.45, 7) is 11.2. The summed E-state index contributed by atoms with van der Waals surface area (Å²) in [4.78, 5) is -0.0685. The van der Waals surface area contributed by atoms with E-state index in [4.69, 9.17) is 0 Å². The fraction of sp³-hybridized carbons (Fsp3) is 0.885. The van der Waals surface area contributed by atoms with Crippen molar-refractivity contribution in [2.24, 2.45) is 0 Å². The molecule has 0 heterocycles. The van der Waals surface area contributed by atoms with Crippen LogP contribution in [0.5, 0.6) is 0 Å². The van der Waals surface area contributed by atoms with Crippen molar-refractivity contribution in [1.82, 2.24) is 0 Å². The van der Waals surface area contributed by atoms with Gasteiger partial charge in [-0.25, -0.2) is 8.42 Å². The highest BCUT2D eigenvalue weighted by Crippen LogP contribution is 2.24. The van der Waals surface area contributed by atoms with Gasteiger partial charge in [-0.15, -0.1) is 0 Å². The summed E-state index contributed by atoms with van der Waals surface area (Å²) in [5.74, 6) is 0. The minimum absolute atomic E-state index is 0.0685. The summed E-state index contributed by atoms with van der Waals surface area (Å²) in [6, 6.07) is 7.02. The molecule has 1 aromatic rings. The van der Waals surface area contributed by atoms with Gasteiger partial charge in [0.15, 0.2) is 0 Å². The number of hydrogen-bond donors (Lipinski definition) is 0. The SMILES string of the molecule is CCCCCCCCCCCCCCC[N+](CCCCCCCCCCCCCCC)(CCCCCCCCCCCCCCC)Cc1cccc(S(=O)(=O)[O-])c1. The lowest BCUT2D eigenvalue weighted by molar-refractivity contribution is -0.941. The van der Waals surface area contributed by atoms with E-state index in [-0.39, 0.29) is 4.90 Å². The molecular weight excluding hydrogens is 719 g/mol. The van der Waals surface area contributed by atoms with Gasteiger partial charge < -0.3 is 9.04 Å². The molecule has 0 fully saturated rings. The average Bonchev–Trinajstić information content (AvgIpc) is 3.20. The lowest BCUT2D eigenvalue weighted by Gasteiger charge is -2.40. The Kier molecular flexibility index (Phi) is 37.2. The van der Waals surface area contributed by atoms with Gasteiger partial charge in [0, 0.05) is 5.56 Å². The predicted octanol–water partition coefficient (Wildman–Crippen LogP) is 17.2. The van der Waals surface area contributed by atoms with Crippen molar-refractivity contribution in [3.8, 4) is 0 Å². The topological polar surface area (TPSA) is 57.2 Å². The van der Waals surface area contributed by atoms with Gasteiger partial charge in [-0.2, -0.15) is 0 Å². The van der Waals surface area contributed by atoms with E-state index in [0.717, 1.165) is 16.6 Å². The van der Waals surface area contributed by atoms with E-state index in [1.807, 2.05) is 0 Å². The maximum atomic E-state index is 12.0. The van der Waals surface area contributed by atoms with Gasteiger partial charge in [0.25, 0.3) is 0 Å². The highest BCUT2D eigenvalue weighted by Gasteiger charge is 2.27. The Bertz CT molecular complexity index is 1010. The zero-order chi connectivity index (χ0) is 41.4. The molecule has 0 aliphatic heterocycles. The Morgan fingerprint density at radius 3 is 0.877 bits per heavy atom. The van der Waals surface area contributed by atoms with Gasteiger partial charge in [0.05, 0.1) is 24.5 Å². The van der Waals surface area contributed by atoms with E-state index >= 15 is 0 Å². The van der Waals surface area contributed by atoms with Gasteiger partial charge in [0.1, 0.15) is 16.7 Å². The minimum Gasteiger partial charge on any atom is -0.744 e. The third-order valence-electron chi connectivity index (χ3n) is 12.9. The molecule has 4 nitrogen and oxygen atoms in total. The van der Waals surface area contributed by atoms with Gasteiger partial charge in [-0.1, -0.05) is 245 Å². The molecule has 0 N–H and O–H groups in total. The maximum absolute atomic E-state index is 12.0. The zero-order valence-corrected chi connectivity index (χ0v) is 39.6. The molecule has 57 heavy (non-hydrogen) atoms. The molecule has 0 bridgehead atoms. The first-order chi connectivity index (χ1) is 27.9. The van der Waals surface area contributed by atoms with Crippen LogP contribution in [0.4, 0.5) is 0 Å². The Balaban J connectivity index is 2.72. The van der Waals surface area contributed by atoms with Crippen molar-refractivity contribution in [1.29, 1.82) is 0 Å². The molecule has 0 saturated carbocycles. The van der Waals surface area contributed by atoms with Gasteiger partial charge in [-0.3, -0.25) is 0 Å². The minimum atomic E-state index is -4.46. The summed E-state index contributed by atoms with van der Waals surface area (Å²) in [6.07, 6.45) is 53.4. The van der Waals surface area contributed by atoms with Crippen LogP contribution < -0.4 is 0 Å². The molecule has 0 unspecified atom stereocenters. The van der Waals surface area contributed by atoms with Crippen LogP contribution in [-0.2, 0) is 16.7 Å². The van der Waals surface area contributed by atoms with E-state index in [1.54, 1.807) is 12.1 Å². The standard InChI is InChI=1S/C52H99NO3S/c1-4-7-10-13-16-19-22-25-28-31-34-37-40-46-53(50-51-44-43-45-52(49-51)57(54,55)56,47-41-38-35-32-29-26-23-20-17-14-11-8-5-2)48-42-39-36-33-30-27-24-21-18-15-12-9-6-3/h43-45,49H,4-42,46-48,50H2,1-3H3. The van der Waals surface area contributed by atoms with Crippen molar-refractivity contribution < 1.29 is 17.5 Å². The molecule has 0 amide bonds. The van der Waals surface area contributed by atoms with Crippen LogP contribution in [0.3, 0.4) is 0 Å². The molecule has 336 valence electrons. The number of unbranched alkanes of at least 4 members (excludes halogenated alkanes) is 36. The number of rotatable bonds is 45. The quantitative estimate of drug-likeness (QED) is 0.0374. The molecule has 0 saturated heterocycles. The van der Waals surface area contributed by atoms with Crippen molar-refractivity contribution >= 4 is 10.1 Å². The zero-order valence-electron chi connectivity index (χ0n) is 38.8. The molecule has 0 atom stereocenters. The largest absolute Gasteiger partial charge is 0.744 e. The maximum Gasteiger partial charge on any atom is 0.124 e. The number of benzene rings is 1. The molecule has 1 rings (SSSR count). The van der Waals surface area contributed by atoms with Crippen LogP contribution in [0.25, 0.3) is 0 Å². The Morgan fingerprint density at radius 2 is 0.632 bits per heavy atom. The second-order valence-electron chi connectivity index (χ2n) is 18.5. The summed E-state index contributed by atoms with van der Waals surface area (Å²) in [7, 11) is -4.46. The van der Waals surface area contributed by atoms with Gasteiger partial charge >= 0.3 is 0 Å². The molecule has 0 aliphatic rings. The van der Waals surface area contributed by atoms with Crippen molar-refractivity contribution in [3.63, 3.8) is 0 Å². The number of nitrogens with zero attached hydrogens (tertiary/aromatic N) is 1. The molecular formula is C52H99NO3S. The van der Waals surface area contributed by atoms with E-state index in [9.17, 15) is 13.0 Å². The Hall–Kier alpha value is -0.910. The summed E-state index contributed by atoms with van der Waals surface area (Å²) < 4.78 is 37.1. The predicted molar refractivity (Wildman–Crippen MR) is 250 cm³/mol. The van der Waals surface area contributed by atoms with Crippen molar-refractivity contribution in [2.75, 3.05) is 19.6 Å². The molecule has 5 heteroatoms. The number of quaternary nitrogens is 1. The second kappa shape index (κ2) is 39.2. The average molecular weight is 818 g/mol. The Morgan fingerprint density at radius 1 is 0.386 bits per heavy atom. The molecule has 0 spiro atoms. The van der Waals surface area contributed by atoms with E-state index in [0.29, 0.717) is 0 Å². The third kappa shape index (κ3) is 33.5. The smallest absolute Gasteiger partial charge is 0.124 e. The summed E-state index contributed by atoms with van der Waals surface area (Å²) in [5.41, 5.74) is 1.02. The lowest BCUT2D eigenvalue weighted by Crippen LogP contribution is -2.49. The lowest BCUT2D eigenvalue weighted by atomic mass is 10.0. The monoisotopic (exact) mass is 818 g/mol. The highest BCUT2D eigenvalue weighted by molar-refractivity contribution is 7.85. The first-order valence-electron chi connectivity index (χ1n) is 25.8. The van der Waals surface area contributed by atoms with Crippen molar-refractivity contribution in [2.45, 2.75) is 283 Å². The van der Waals surface area contributed by atoms with Crippen molar-refractivity contribution in [3.05, 3.63) is 29.8 Å². The van der Waals surface area contributed by atoms with Gasteiger partial charge in [-0.05, 0) is 50.7 Å². The Labute approximate surface area is 358 Å². The normalized spacial score (nSPS) is 12.2. The second-order valence-corrected chi connectivity index (χ2v) is 19.9. The summed E-state index contributed by atoms with van der Waals surface area (Å²) in [5, 5.41) is 0. The van der Waals surface area contributed by atoms with Gasteiger partial charge in [0.2, 0.25) is 0 Å². The molecule has 0 radical (unpaired) electrons. The van der Waals surface area contributed by atoms with Crippen LogP contribution >= 0.6 is 0 Å². The van der Waals surface area contributed by atoms with Crippen LogP contribution in [0.2, 0.25) is 0 Å². The van der Waals surface area contributed by atoms with Crippen LogP contribution in [-0.4, -0.2) is 37.1 Å². The van der Waals surface area contributed by atoms with E-state index in [2.05, 4.69) is 26.8 Å². The number of hydrogen-bond acceptors (Lipinski definition) is 3. The molecule has 1 aromatic carbocycles. The first kappa shape index (κ1) is 54.1. The fourth-order valence-corrected chi connectivity index (χ4v) is 9.70. The summed E-state index contributed by atoms with van der Waals surface area (Å²) >= 11 is 0. The first-order valence-corrected chi connectivity index (χ1v) is 27.2. The van der Waals surface area contributed by atoms with E-state index in [1.165, 1.54) is 276 Å².